The molecule has 3 heterocycles. The largest absolute Gasteiger partial charge is 0.493 e. The van der Waals surface area contributed by atoms with Crippen molar-refractivity contribution in [3.8, 4) is 28.3 Å². The highest BCUT2D eigenvalue weighted by Crippen LogP contribution is 2.35. The Morgan fingerprint density at radius 1 is 1.00 bits per heavy atom. The summed E-state index contributed by atoms with van der Waals surface area (Å²) in [6.45, 7) is 0.498. The molecule has 3 aromatic heterocycles. The van der Waals surface area contributed by atoms with Crippen LogP contribution in [-0.4, -0.2) is 44.2 Å². The van der Waals surface area contributed by atoms with E-state index in [1.165, 1.54) is 12.1 Å². The molecule has 0 spiro atoms. The van der Waals surface area contributed by atoms with Gasteiger partial charge in [-0.05, 0) is 48.9 Å². The fourth-order valence-corrected chi connectivity index (χ4v) is 4.10. The first kappa shape index (κ1) is 26.9. The maximum absolute atomic E-state index is 12.8. The predicted molar refractivity (Wildman–Crippen MR) is 147 cm³/mol. The monoisotopic (exact) mass is 566 g/mol. The number of benzene rings is 2. The highest BCUT2D eigenvalue weighted by Gasteiger charge is 2.38. The van der Waals surface area contributed by atoms with Crippen molar-refractivity contribution in [1.29, 1.82) is 0 Å². The van der Waals surface area contributed by atoms with Crippen LogP contribution in [0.1, 0.15) is 6.42 Å². The summed E-state index contributed by atoms with van der Waals surface area (Å²) in [5, 5.41) is 9.73. The van der Waals surface area contributed by atoms with E-state index >= 15 is 0 Å². The lowest BCUT2D eigenvalue weighted by Gasteiger charge is -2.11. The molecule has 0 bridgehead atoms. The number of aromatic nitrogens is 4. The zero-order chi connectivity index (χ0) is 28.1. The summed E-state index contributed by atoms with van der Waals surface area (Å²) in [5.74, 6) is -0.548. The Morgan fingerprint density at radius 2 is 1.82 bits per heavy atom. The number of carbonyl (C=O) groups excluding carboxylic acids is 1. The van der Waals surface area contributed by atoms with Crippen molar-refractivity contribution in [2.24, 2.45) is 0 Å². The van der Waals surface area contributed by atoms with E-state index in [4.69, 9.17) is 21.3 Å². The van der Waals surface area contributed by atoms with Crippen LogP contribution in [0.3, 0.4) is 0 Å². The Labute approximate surface area is 231 Å². The number of rotatable bonds is 9. The number of hydrogen-bond acceptors (Lipinski definition) is 6. The van der Waals surface area contributed by atoms with Gasteiger partial charge >= 0.3 is 12.1 Å². The maximum atomic E-state index is 12.8. The molecule has 0 unspecified atom stereocenters. The Kier molecular flexibility index (Phi) is 7.83. The summed E-state index contributed by atoms with van der Waals surface area (Å²) >= 11 is 5.72. The lowest BCUT2D eigenvalue weighted by Crippen LogP contribution is -2.29. The second-order valence-corrected chi connectivity index (χ2v) is 8.97. The third-order valence-corrected chi connectivity index (χ3v) is 6.01. The molecule has 0 aliphatic heterocycles. The predicted octanol–water partition coefficient (Wildman–Crippen LogP) is 6.71. The average molecular weight is 567 g/mol. The van der Waals surface area contributed by atoms with Gasteiger partial charge in [0.15, 0.2) is 0 Å². The van der Waals surface area contributed by atoms with Crippen LogP contribution in [0.2, 0.25) is 0 Å². The molecule has 1 amide bonds. The van der Waals surface area contributed by atoms with Crippen LogP contribution in [0.25, 0.3) is 28.0 Å². The van der Waals surface area contributed by atoms with Crippen molar-refractivity contribution in [3.05, 3.63) is 85.2 Å². The minimum Gasteiger partial charge on any atom is -0.493 e. The molecular weight excluding hydrogens is 545 g/mol. The number of nitrogens with zero attached hydrogens (tertiary/aromatic N) is 4. The molecule has 12 heteroatoms. The summed E-state index contributed by atoms with van der Waals surface area (Å²) in [4.78, 5) is 20.5. The average Bonchev–Trinajstić information content (AvgIpc) is 3.33. The van der Waals surface area contributed by atoms with Crippen LogP contribution in [0, 0.1) is 0 Å². The Balaban J connectivity index is 1.50. The first-order valence-electron chi connectivity index (χ1n) is 12.2. The number of halogens is 4. The van der Waals surface area contributed by atoms with E-state index in [9.17, 15) is 18.0 Å². The van der Waals surface area contributed by atoms with Crippen LogP contribution < -0.4 is 15.4 Å². The van der Waals surface area contributed by atoms with Gasteiger partial charge in [0.2, 0.25) is 5.95 Å². The minimum absolute atomic E-state index is 0.0129. The van der Waals surface area contributed by atoms with Crippen LogP contribution in [0.15, 0.2) is 85.2 Å². The summed E-state index contributed by atoms with van der Waals surface area (Å²) in [6.07, 6.45) is -0.927. The fourth-order valence-electron chi connectivity index (χ4n) is 3.99. The lowest BCUT2D eigenvalue weighted by molar-refractivity contribution is -0.167. The first-order valence-corrected chi connectivity index (χ1v) is 12.7. The van der Waals surface area contributed by atoms with Crippen molar-refractivity contribution in [1.82, 2.24) is 19.6 Å². The van der Waals surface area contributed by atoms with Crippen LogP contribution in [-0.2, 0) is 4.79 Å². The van der Waals surface area contributed by atoms with Gasteiger partial charge in [-0.1, -0.05) is 24.3 Å². The Bertz CT molecular complexity index is 1660. The highest BCUT2D eigenvalue weighted by molar-refractivity contribution is 6.17. The topological polar surface area (TPSA) is 93.4 Å². The number of ether oxygens (including phenoxy) is 1. The number of pyridine rings is 1. The van der Waals surface area contributed by atoms with E-state index in [1.807, 2.05) is 47.8 Å². The molecule has 0 saturated carbocycles. The molecule has 0 radical (unpaired) electrons. The minimum atomic E-state index is -5.01. The molecule has 0 aliphatic rings. The molecule has 8 nitrogen and oxygen atoms in total. The molecular formula is C28H22ClF3N6O2. The van der Waals surface area contributed by atoms with Crippen molar-refractivity contribution >= 4 is 40.3 Å². The van der Waals surface area contributed by atoms with Gasteiger partial charge in [-0.25, -0.2) is 14.5 Å². The van der Waals surface area contributed by atoms with E-state index in [2.05, 4.69) is 15.4 Å². The highest BCUT2D eigenvalue weighted by atomic mass is 35.5. The van der Waals surface area contributed by atoms with Gasteiger partial charge < -0.3 is 15.4 Å². The van der Waals surface area contributed by atoms with Gasteiger partial charge in [-0.3, -0.25) is 4.79 Å². The number of hydrogen-bond donors (Lipinski definition) is 2. The Hall–Kier alpha value is -4.64. The SMILES string of the molecule is O=C(Nc1cccc(-c2nn3ccccc3c2-c2ccnc(Nc3cccc(OCCCCl)c3)n2)c1)C(F)(F)F. The van der Waals surface area contributed by atoms with Crippen molar-refractivity contribution in [2.45, 2.75) is 12.6 Å². The Morgan fingerprint density at radius 3 is 2.65 bits per heavy atom. The van der Waals surface area contributed by atoms with E-state index < -0.39 is 12.1 Å². The third kappa shape index (κ3) is 6.15. The molecule has 2 N–H and O–H groups in total. The van der Waals surface area contributed by atoms with Crippen LogP contribution in [0.5, 0.6) is 5.75 Å². The summed E-state index contributed by atoms with van der Waals surface area (Å²) < 4.78 is 45.8. The fraction of sp³-hybridized carbons (Fsp3) is 0.143. The molecule has 204 valence electrons. The quantitative estimate of drug-likeness (QED) is 0.152. The standard InChI is InChI=1S/C28H22ClF3N6O2/c29-12-5-15-40-21-9-4-8-20(17-21)35-27-33-13-11-22(36-27)24-23-10-1-2-14-38(23)37-25(24)18-6-3-7-19(16-18)34-26(39)28(30,31)32/h1-4,6-11,13-14,16-17H,5,12,15H2,(H,34,39)(H,33,35,36). The molecule has 0 atom stereocenters. The molecule has 0 saturated heterocycles. The van der Waals surface area contributed by atoms with Crippen molar-refractivity contribution in [2.75, 3.05) is 23.1 Å². The van der Waals surface area contributed by atoms with Crippen molar-refractivity contribution < 1.29 is 22.7 Å². The maximum Gasteiger partial charge on any atom is 0.471 e. The zero-order valence-corrected chi connectivity index (χ0v) is 21.6. The van der Waals surface area contributed by atoms with E-state index in [0.29, 0.717) is 52.4 Å². The molecule has 0 fully saturated rings. The van der Waals surface area contributed by atoms with Gasteiger partial charge in [-0.2, -0.15) is 18.3 Å². The second kappa shape index (κ2) is 11.6. The summed E-state index contributed by atoms with van der Waals surface area (Å²) in [6, 6.07) is 20.7. The van der Waals surface area contributed by atoms with Crippen LogP contribution >= 0.6 is 11.6 Å². The number of amides is 1. The number of carbonyl (C=O) groups is 1. The number of alkyl halides is 4. The number of nitrogens with one attached hydrogen (secondary N) is 2. The molecule has 2 aromatic carbocycles. The summed E-state index contributed by atoms with van der Waals surface area (Å²) in [5.41, 5.74) is 3.56. The van der Waals surface area contributed by atoms with Gasteiger partial charge in [0.1, 0.15) is 11.4 Å². The van der Waals surface area contributed by atoms with E-state index in [0.717, 1.165) is 11.9 Å². The van der Waals surface area contributed by atoms with Gasteiger partial charge in [0, 0.05) is 41.3 Å². The molecule has 5 aromatic rings. The first-order chi connectivity index (χ1) is 19.3. The molecule has 5 rings (SSSR count). The number of anilines is 3. The lowest BCUT2D eigenvalue weighted by atomic mass is 10.0. The summed E-state index contributed by atoms with van der Waals surface area (Å²) in [7, 11) is 0. The molecule has 0 aliphatic carbocycles. The van der Waals surface area contributed by atoms with Crippen LogP contribution in [0.4, 0.5) is 30.5 Å². The van der Waals surface area contributed by atoms with Gasteiger partial charge in [0.05, 0.1) is 23.4 Å². The zero-order valence-electron chi connectivity index (χ0n) is 20.8. The molecule has 40 heavy (non-hydrogen) atoms. The van der Waals surface area contributed by atoms with E-state index in [-0.39, 0.29) is 5.69 Å². The third-order valence-electron chi connectivity index (χ3n) is 5.74. The smallest absolute Gasteiger partial charge is 0.471 e. The van der Waals surface area contributed by atoms with Gasteiger partial charge in [0.25, 0.3) is 0 Å². The number of fused-ring (bicyclic) bond motifs is 1. The van der Waals surface area contributed by atoms with E-state index in [1.54, 1.807) is 35.1 Å². The van der Waals surface area contributed by atoms with Gasteiger partial charge in [-0.15, -0.1) is 11.6 Å². The normalized spacial score (nSPS) is 11.4. The van der Waals surface area contributed by atoms with Crippen molar-refractivity contribution in [3.63, 3.8) is 0 Å². The second-order valence-electron chi connectivity index (χ2n) is 8.60.